The van der Waals surface area contributed by atoms with Crippen LogP contribution in [0.1, 0.15) is 33.5 Å². The summed E-state index contributed by atoms with van der Waals surface area (Å²) in [6.07, 6.45) is 0.422. The smallest absolute Gasteiger partial charge is 0.256 e. The van der Waals surface area contributed by atoms with Crippen molar-refractivity contribution in [1.82, 2.24) is 0 Å². The van der Waals surface area contributed by atoms with Gasteiger partial charge in [-0.1, -0.05) is 17.9 Å². The molecule has 108 valence electrons. The van der Waals surface area contributed by atoms with E-state index in [0.717, 1.165) is 16.7 Å². The zero-order chi connectivity index (χ0) is 15.2. The predicted octanol–water partition coefficient (Wildman–Crippen LogP) is 3.35. The average molecular weight is 299 g/mol. The van der Waals surface area contributed by atoms with Crippen molar-refractivity contribution in [3.05, 3.63) is 51.2 Å². The van der Waals surface area contributed by atoms with E-state index >= 15 is 0 Å². The number of aliphatic hydroxyl groups excluding tert-OH is 1. The van der Waals surface area contributed by atoms with Gasteiger partial charge in [0.05, 0.1) is 17.9 Å². The largest absolute Gasteiger partial charge is 0.395 e. The molecule has 2 N–H and O–H groups in total. The van der Waals surface area contributed by atoms with E-state index in [1.54, 1.807) is 0 Å². The zero-order valence-corrected chi connectivity index (χ0v) is 12.9. The second-order valence-electron chi connectivity index (χ2n) is 4.75. The number of nitrogens with one attached hydrogen (secondary N) is 1. The number of rotatable bonds is 3. The summed E-state index contributed by atoms with van der Waals surface area (Å²) in [5, 5.41) is 15.5. The molecule has 1 heterocycles. The molecule has 21 heavy (non-hydrogen) atoms. The number of anilines is 1. The van der Waals surface area contributed by atoms with Gasteiger partial charge in [0, 0.05) is 17.4 Å². The number of hydrogen-bond donors (Lipinski definition) is 2. The number of aliphatic hydroxyl groups is 1. The Balaban J connectivity index is 2.27. The van der Waals surface area contributed by atoms with Crippen LogP contribution in [0, 0.1) is 25.7 Å². The van der Waals surface area contributed by atoms with Gasteiger partial charge < -0.3 is 10.4 Å². The van der Waals surface area contributed by atoms with Crippen LogP contribution in [0.25, 0.3) is 0 Å². The van der Waals surface area contributed by atoms with E-state index in [2.05, 4.69) is 17.2 Å². The molecule has 1 aromatic heterocycles. The molecule has 0 unspecified atom stereocenters. The van der Waals surface area contributed by atoms with Crippen molar-refractivity contribution >= 4 is 22.9 Å². The second-order valence-corrected chi connectivity index (χ2v) is 5.49. The summed E-state index contributed by atoms with van der Waals surface area (Å²) in [5.41, 5.74) is 4.18. The van der Waals surface area contributed by atoms with Crippen molar-refractivity contribution < 1.29 is 9.90 Å². The molecule has 0 radical (unpaired) electrons. The molecule has 2 aromatic rings. The molecule has 3 nitrogen and oxygen atoms in total. The van der Waals surface area contributed by atoms with Crippen LogP contribution in [-0.2, 0) is 0 Å². The van der Waals surface area contributed by atoms with Crippen LogP contribution in [0.4, 0.5) is 5.69 Å². The third-order valence-electron chi connectivity index (χ3n) is 2.98. The Morgan fingerprint density at radius 3 is 2.81 bits per heavy atom. The summed E-state index contributed by atoms with van der Waals surface area (Å²) in [6.45, 7) is 3.93. The van der Waals surface area contributed by atoms with Crippen LogP contribution in [0.15, 0.2) is 29.0 Å². The number of aryl methyl sites for hydroxylation is 2. The fourth-order valence-corrected chi connectivity index (χ4v) is 2.70. The highest BCUT2D eigenvalue weighted by molar-refractivity contribution is 7.08. The SMILES string of the molecule is Cc1ccc(C#CCCO)c(NC(=O)c2cscc2C)c1. The Hall–Kier alpha value is -2.09. The number of benzene rings is 1. The molecule has 0 atom stereocenters. The van der Waals surface area contributed by atoms with Crippen LogP contribution in [-0.4, -0.2) is 17.6 Å². The molecular formula is C17H17NO2S. The van der Waals surface area contributed by atoms with E-state index in [1.165, 1.54) is 11.3 Å². The number of carbonyl (C=O) groups excluding carboxylic acids is 1. The Bertz CT molecular complexity index is 707. The fraction of sp³-hybridized carbons (Fsp3) is 0.235. The molecule has 0 spiro atoms. The van der Waals surface area contributed by atoms with E-state index < -0.39 is 0 Å². The van der Waals surface area contributed by atoms with Gasteiger partial charge in [0.15, 0.2) is 0 Å². The minimum atomic E-state index is -0.121. The normalized spacial score (nSPS) is 9.86. The van der Waals surface area contributed by atoms with Crippen molar-refractivity contribution in [1.29, 1.82) is 0 Å². The maximum atomic E-state index is 12.3. The Morgan fingerprint density at radius 2 is 2.14 bits per heavy atom. The topological polar surface area (TPSA) is 49.3 Å². The quantitative estimate of drug-likeness (QED) is 0.854. The van der Waals surface area contributed by atoms with E-state index in [9.17, 15) is 4.79 Å². The van der Waals surface area contributed by atoms with E-state index in [1.807, 2.05) is 42.8 Å². The highest BCUT2D eigenvalue weighted by Crippen LogP contribution is 2.20. The van der Waals surface area contributed by atoms with Gasteiger partial charge in [0.2, 0.25) is 0 Å². The first-order valence-corrected chi connectivity index (χ1v) is 7.60. The van der Waals surface area contributed by atoms with Crippen molar-refractivity contribution in [2.75, 3.05) is 11.9 Å². The summed E-state index contributed by atoms with van der Waals surface area (Å²) in [7, 11) is 0. The molecule has 0 fully saturated rings. The van der Waals surface area contributed by atoms with E-state index in [0.29, 0.717) is 17.7 Å². The van der Waals surface area contributed by atoms with Crippen molar-refractivity contribution in [2.24, 2.45) is 0 Å². The number of hydrogen-bond acceptors (Lipinski definition) is 3. The predicted molar refractivity (Wildman–Crippen MR) is 86.8 cm³/mol. The fourth-order valence-electron chi connectivity index (χ4n) is 1.87. The lowest BCUT2D eigenvalue weighted by molar-refractivity contribution is 0.102. The summed E-state index contributed by atoms with van der Waals surface area (Å²) >= 11 is 1.51. The first kappa shape index (κ1) is 15.3. The van der Waals surface area contributed by atoms with Gasteiger partial charge in [0.1, 0.15) is 0 Å². The standard InChI is InChI=1S/C17H17NO2S/c1-12-6-7-14(5-3-4-8-19)16(9-12)18-17(20)15-11-21-10-13(15)2/h6-7,9-11,19H,4,8H2,1-2H3,(H,18,20). The van der Waals surface area contributed by atoms with Gasteiger partial charge in [0.25, 0.3) is 5.91 Å². The van der Waals surface area contributed by atoms with Gasteiger partial charge in [-0.05, 0) is 42.5 Å². The maximum absolute atomic E-state index is 12.3. The molecule has 0 aliphatic rings. The van der Waals surface area contributed by atoms with Crippen LogP contribution >= 0.6 is 11.3 Å². The molecular weight excluding hydrogens is 282 g/mol. The minimum absolute atomic E-state index is 0.0364. The van der Waals surface area contributed by atoms with Crippen molar-refractivity contribution in [2.45, 2.75) is 20.3 Å². The lowest BCUT2D eigenvalue weighted by Crippen LogP contribution is -2.13. The lowest BCUT2D eigenvalue weighted by Gasteiger charge is -2.08. The van der Waals surface area contributed by atoms with Crippen molar-refractivity contribution in [3.8, 4) is 11.8 Å². The van der Waals surface area contributed by atoms with Gasteiger partial charge >= 0.3 is 0 Å². The number of carbonyl (C=O) groups is 1. The van der Waals surface area contributed by atoms with Crippen molar-refractivity contribution in [3.63, 3.8) is 0 Å². The van der Waals surface area contributed by atoms with Crippen LogP contribution in [0.2, 0.25) is 0 Å². The molecule has 0 saturated carbocycles. The summed E-state index contributed by atoms with van der Waals surface area (Å²) in [6, 6.07) is 5.74. The molecule has 1 amide bonds. The monoisotopic (exact) mass is 299 g/mol. The molecule has 4 heteroatoms. The minimum Gasteiger partial charge on any atom is -0.395 e. The lowest BCUT2D eigenvalue weighted by atomic mass is 10.1. The Kier molecular flexibility index (Phi) is 5.15. The first-order valence-electron chi connectivity index (χ1n) is 6.66. The first-order chi connectivity index (χ1) is 10.1. The summed E-state index contributed by atoms with van der Waals surface area (Å²) in [5.74, 6) is 5.75. The molecule has 2 rings (SSSR count). The molecule has 0 saturated heterocycles. The van der Waals surface area contributed by atoms with E-state index in [-0.39, 0.29) is 12.5 Å². The third kappa shape index (κ3) is 3.94. The van der Waals surface area contributed by atoms with Gasteiger partial charge in [-0.25, -0.2) is 0 Å². The van der Waals surface area contributed by atoms with Crippen LogP contribution < -0.4 is 5.32 Å². The van der Waals surface area contributed by atoms with Gasteiger partial charge in [-0.15, -0.1) is 0 Å². The third-order valence-corrected chi connectivity index (χ3v) is 3.84. The van der Waals surface area contributed by atoms with Crippen LogP contribution in [0.3, 0.4) is 0 Å². The summed E-state index contributed by atoms with van der Waals surface area (Å²) in [4.78, 5) is 12.3. The van der Waals surface area contributed by atoms with Gasteiger partial charge in [-0.3, -0.25) is 4.79 Å². The highest BCUT2D eigenvalue weighted by Gasteiger charge is 2.11. The second kappa shape index (κ2) is 7.07. The number of thiophene rings is 1. The molecule has 0 aliphatic carbocycles. The maximum Gasteiger partial charge on any atom is 0.256 e. The van der Waals surface area contributed by atoms with Gasteiger partial charge in [-0.2, -0.15) is 11.3 Å². The highest BCUT2D eigenvalue weighted by atomic mass is 32.1. The van der Waals surface area contributed by atoms with Crippen LogP contribution in [0.5, 0.6) is 0 Å². The Labute approximate surface area is 128 Å². The number of amides is 1. The summed E-state index contributed by atoms with van der Waals surface area (Å²) < 4.78 is 0. The molecule has 0 aliphatic heterocycles. The molecule has 1 aromatic carbocycles. The Morgan fingerprint density at radius 1 is 1.33 bits per heavy atom. The molecule has 0 bridgehead atoms. The average Bonchev–Trinajstić information content (AvgIpc) is 2.88. The zero-order valence-electron chi connectivity index (χ0n) is 12.1. The van der Waals surface area contributed by atoms with E-state index in [4.69, 9.17) is 5.11 Å².